The van der Waals surface area contributed by atoms with Crippen molar-refractivity contribution >= 4 is 29.4 Å². The molecule has 3 amide bonds. The van der Waals surface area contributed by atoms with Crippen molar-refractivity contribution in [3.8, 4) is 10.4 Å². The van der Waals surface area contributed by atoms with Gasteiger partial charge in [-0.05, 0) is 23.6 Å². The van der Waals surface area contributed by atoms with Gasteiger partial charge >= 0.3 is 12.2 Å². The summed E-state index contributed by atoms with van der Waals surface area (Å²) >= 11 is 1.54. The molecule has 0 bridgehead atoms. The minimum absolute atomic E-state index is 0.0145. The average molecular weight is 537 g/mol. The molecule has 2 atom stereocenters. The van der Waals surface area contributed by atoms with Crippen LogP contribution in [0.25, 0.3) is 10.4 Å². The number of rotatable bonds is 6. The van der Waals surface area contributed by atoms with Crippen LogP contribution in [0.2, 0.25) is 0 Å². The summed E-state index contributed by atoms with van der Waals surface area (Å²) in [6.07, 6.45) is -2.66. The Morgan fingerprint density at radius 2 is 1.84 bits per heavy atom. The van der Waals surface area contributed by atoms with Gasteiger partial charge in [0.2, 0.25) is 5.91 Å². The van der Waals surface area contributed by atoms with Crippen LogP contribution in [0.4, 0.5) is 9.59 Å². The van der Waals surface area contributed by atoms with E-state index < -0.39 is 35.8 Å². The SMILES string of the molecule is Cc1ncsc1-c1ccc(C2(NC(=O)[C@@H]3C[C@@H](O)CN3C(=O)O)CN(C(=O)OCc3ccccc3)C2)cc1. The second kappa shape index (κ2) is 10.4. The number of nitrogens with one attached hydrogen (secondary N) is 1. The predicted molar refractivity (Wildman–Crippen MR) is 139 cm³/mol. The van der Waals surface area contributed by atoms with Gasteiger partial charge in [-0.1, -0.05) is 54.6 Å². The molecule has 2 aromatic carbocycles. The van der Waals surface area contributed by atoms with Gasteiger partial charge in [0.1, 0.15) is 18.2 Å². The van der Waals surface area contributed by atoms with E-state index in [4.69, 9.17) is 4.74 Å². The zero-order chi connectivity index (χ0) is 26.9. The highest BCUT2D eigenvalue weighted by atomic mass is 32.1. The van der Waals surface area contributed by atoms with Crippen LogP contribution in [0.1, 0.15) is 23.2 Å². The lowest BCUT2D eigenvalue weighted by Gasteiger charge is -2.50. The monoisotopic (exact) mass is 536 g/mol. The summed E-state index contributed by atoms with van der Waals surface area (Å²) < 4.78 is 5.46. The van der Waals surface area contributed by atoms with Gasteiger partial charge in [-0.25, -0.2) is 14.6 Å². The number of nitrogens with zero attached hydrogens (tertiary/aromatic N) is 3. The maximum absolute atomic E-state index is 13.3. The molecule has 38 heavy (non-hydrogen) atoms. The minimum atomic E-state index is -1.26. The highest BCUT2D eigenvalue weighted by Crippen LogP contribution is 2.36. The first-order valence-corrected chi connectivity index (χ1v) is 13.1. The van der Waals surface area contributed by atoms with Crippen LogP contribution >= 0.6 is 11.3 Å². The molecule has 10 nitrogen and oxygen atoms in total. The topological polar surface area (TPSA) is 132 Å². The molecule has 5 rings (SSSR count). The zero-order valence-electron chi connectivity index (χ0n) is 20.7. The van der Waals surface area contributed by atoms with E-state index >= 15 is 0 Å². The van der Waals surface area contributed by atoms with Gasteiger partial charge in [-0.2, -0.15) is 0 Å². The smallest absolute Gasteiger partial charge is 0.410 e. The number of aliphatic hydroxyl groups is 1. The first-order valence-electron chi connectivity index (χ1n) is 12.2. The fourth-order valence-corrected chi connectivity index (χ4v) is 5.80. The number of amides is 3. The predicted octanol–water partition coefficient (Wildman–Crippen LogP) is 3.20. The van der Waals surface area contributed by atoms with E-state index in [9.17, 15) is 24.6 Å². The Labute approximate surface area is 223 Å². The number of benzene rings is 2. The highest BCUT2D eigenvalue weighted by molar-refractivity contribution is 7.13. The number of carbonyl (C=O) groups is 3. The maximum atomic E-state index is 13.3. The number of ether oxygens (including phenoxy) is 1. The van der Waals surface area contributed by atoms with Crippen LogP contribution in [-0.4, -0.2) is 74.9 Å². The molecule has 2 saturated heterocycles. The largest absolute Gasteiger partial charge is 0.465 e. The van der Waals surface area contributed by atoms with E-state index in [0.717, 1.165) is 32.2 Å². The number of aliphatic hydroxyl groups excluding tert-OH is 1. The molecule has 0 saturated carbocycles. The average Bonchev–Trinajstić information content (AvgIpc) is 3.50. The van der Waals surface area contributed by atoms with Crippen molar-refractivity contribution < 1.29 is 29.3 Å². The summed E-state index contributed by atoms with van der Waals surface area (Å²) in [5, 5.41) is 22.5. The molecule has 0 aliphatic carbocycles. The van der Waals surface area contributed by atoms with Crippen LogP contribution in [-0.2, 0) is 21.7 Å². The summed E-state index contributed by atoms with van der Waals surface area (Å²) in [7, 11) is 0. The Balaban J connectivity index is 1.35. The van der Waals surface area contributed by atoms with E-state index in [1.54, 1.807) is 5.51 Å². The third kappa shape index (κ3) is 5.07. The molecule has 198 valence electrons. The van der Waals surface area contributed by atoms with Gasteiger partial charge in [0.05, 0.1) is 41.8 Å². The van der Waals surface area contributed by atoms with Crippen molar-refractivity contribution in [3.63, 3.8) is 0 Å². The van der Waals surface area contributed by atoms with E-state index in [1.165, 1.54) is 16.2 Å². The van der Waals surface area contributed by atoms with Crippen LogP contribution in [0.5, 0.6) is 0 Å². The molecule has 1 aromatic heterocycles. The summed E-state index contributed by atoms with van der Waals surface area (Å²) in [4.78, 5) is 45.5. The molecule has 0 radical (unpaired) electrons. The Bertz CT molecular complexity index is 1320. The lowest BCUT2D eigenvalue weighted by Crippen LogP contribution is -2.70. The molecular formula is C27H28N4O6S. The molecule has 3 N–H and O–H groups in total. The molecule has 3 heterocycles. The minimum Gasteiger partial charge on any atom is -0.465 e. The third-order valence-electron chi connectivity index (χ3n) is 7.02. The number of hydrogen-bond acceptors (Lipinski definition) is 7. The molecular weight excluding hydrogens is 508 g/mol. The first-order chi connectivity index (χ1) is 18.3. The van der Waals surface area contributed by atoms with Gasteiger partial charge in [0, 0.05) is 6.42 Å². The summed E-state index contributed by atoms with van der Waals surface area (Å²) in [6, 6.07) is 16.0. The third-order valence-corrected chi connectivity index (χ3v) is 8.00. The Morgan fingerprint density at radius 3 is 2.47 bits per heavy atom. The number of likely N-dealkylation sites (tertiary alicyclic amines) is 2. The van der Waals surface area contributed by atoms with Gasteiger partial charge < -0.3 is 25.2 Å². The molecule has 2 aliphatic heterocycles. The summed E-state index contributed by atoms with van der Waals surface area (Å²) in [5.74, 6) is -0.511. The Kier molecular flexibility index (Phi) is 7.04. The van der Waals surface area contributed by atoms with Crippen molar-refractivity contribution in [2.75, 3.05) is 19.6 Å². The second-order valence-electron chi connectivity index (χ2n) is 9.65. The lowest BCUT2D eigenvalue weighted by molar-refractivity contribution is -0.129. The first kappa shape index (κ1) is 25.7. The van der Waals surface area contributed by atoms with Gasteiger partial charge in [-0.3, -0.25) is 9.69 Å². The standard InChI is InChI=1S/C27H28N4O6S/c1-17-23(38-16-28-17)19-7-9-20(10-8-19)27(29-24(33)22-11-21(32)12-31(22)25(34)35)14-30(15-27)26(36)37-13-18-5-3-2-4-6-18/h2-10,16,21-22,32H,11-15H2,1H3,(H,29,33)(H,34,35)/t21-,22+/m1/s1. The molecule has 11 heteroatoms. The highest BCUT2D eigenvalue weighted by Gasteiger charge is 2.50. The molecule has 3 aromatic rings. The fourth-order valence-electron chi connectivity index (χ4n) is 4.99. The molecule has 0 unspecified atom stereocenters. The van der Waals surface area contributed by atoms with Crippen LogP contribution in [0.15, 0.2) is 60.1 Å². The normalized spacial score (nSPS) is 20.1. The Morgan fingerprint density at radius 1 is 1.13 bits per heavy atom. The van der Waals surface area contributed by atoms with E-state index in [2.05, 4.69) is 10.3 Å². The van der Waals surface area contributed by atoms with Gasteiger partial charge in [0.15, 0.2) is 0 Å². The van der Waals surface area contributed by atoms with Gasteiger partial charge in [-0.15, -0.1) is 11.3 Å². The van der Waals surface area contributed by atoms with Crippen LogP contribution < -0.4 is 5.32 Å². The number of aryl methyl sites for hydroxylation is 1. The van der Waals surface area contributed by atoms with Crippen molar-refractivity contribution in [1.82, 2.24) is 20.1 Å². The van der Waals surface area contributed by atoms with Crippen LogP contribution in [0.3, 0.4) is 0 Å². The lowest BCUT2D eigenvalue weighted by atomic mass is 9.81. The van der Waals surface area contributed by atoms with E-state index in [-0.39, 0.29) is 32.7 Å². The number of aromatic nitrogens is 1. The van der Waals surface area contributed by atoms with E-state index in [0.29, 0.717) is 0 Å². The van der Waals surface area contributed by atoms with Gasteiger partial charge in [0.25, 0.3) is 0 Å². The molecule has 2 fully saturated rings. The second-order valence-corrected chi connectivity index (χ2v) is 10.5. The number of β-amino-alcohol motifs (C(OH)–C–C–N with tert-alkyl or cyclic N) is 1. The quantitative estimate of drug-likeness (QED) is 0.441. The van der Waals surface area contributed by atoms with Crippen LogP contribution in [0, 0.1) is 6.92 Å². The zero-order valence-corrected chi connectivity index (χ0v) is 21.6. The van der Waals surface area contributed by atoms with Crippen molar-refractivity contribution in [3.05, 3.63) is 76.9 Å². The summed E-state index contributed by atoms with van der Waals surface area (Å²) in [5.41, 5.74) is 4.42. The number of carbonyl (C=O) groups excluding carboxylic acids is 2. The van der Waals surface area contributed by atoms with Crippen molar-refractivity contribution in [1.29, 1.82) is 0 Å². The number of carboxylic acid groups (broad SMARTS) is 1. The number of hydrogen-bond donors (Lipinski definition) is 3. The van der Waals surface area contributed by atoms with E-state index in [1.807, 2.05) is 61.5 Å². The molecule has 0 spiro atoms. The maximum Gasteiger partial charge on any atom is 0.410 e. The fraction of sp³-hybridized carbons (Fsp3) is 0.333. The van der Waals surface area contributed by atoms with Crippen molar-refractivity contribution in [2.24, 2.45) is 0 Å². The number of thiazole rings is 1. The Hall–Kier alpha value is -3.96. The summed E-state index contributed by atoms with van der Waals surface area (Å²) in [6.45, 7) is 2.27. The van der Waals surface area contributed by atoms with Crippen molar-refractivity contribution in [2.45, 2.75) is 37.6 Å². The molecule has 2 aliphatic rings.